The fourth-order valence-electron chi connectivity index (χ4n) is 1.87. The zero-order valence-electron chi connectivity index (χ0n) is 10.4. The van der Waals surface area contributed by atoms with E-state index in [-0.39, 0.29) is 5.91 Å². The van der Waals surface area contributed by atoms with E-state index in [0.29, 0.717) is 11.3 Å². The molecule has 3 heterocycles. The molecule has 0 spiro atoms. The minimum absolute atomic E-state index is 0.153. The van der Waals surface area contributed by atoms with Gasteiger partial charge >= 0.3 is 0 Å². The van der Waals surface area contributed by atoms with Crippen LogP contribution in [0.5, 0.6) is 0 Å². The average Bonchev–Trinajstić information content (AvgIpc) is 3.05. The van der Waals surface area contributed by atoms with Crippen molar-refractivity contribution in [3.05, 3.63) is 48.5 Å². The van der Waals surface area contributed by atoms with Crippen molar-refractivity contribution in [1.82, 2.24) is 19.4 Å². The van der Waals surface area contributed by atoms with E-state index in [0.717, 1.165) is 12.1 Å². The van der Waals surface area contributed by atoms with Crippen LogP contribution in [0.4, 0.5) is 5.69 Å². The summed E-state index contributed by atoms with van der Waals surface area (Å²) >= 11 is 0. The van der Waals surface area contributed by atoms with Gasteiger partial charge in [-0.25, -0.2) is 4.52 Å². The van der Waals surface area contributed by atoms with E-state index in [1.54, 1.807) is 46.1 Å². The maximum atomic E-state index is 12.1. The number of nitrogens with zero attached hydrogens (tertiary/aromatic N) is 4. The van der Waals surface area contributed by atoms with Crippen LogP contribution in [0.25, 0.3) is 5.52 Å². The highest BCUT2D eigenvalue weighted by Gasteiger charge is 2.08. The summed E-state index contributed by atoms with van der Waals surface area (Å²) in [5.41, 5.74) is 2.18. The lowest BCUT2D eigenvalue weighted by Gasteiger charge is -2.03. The Kier molecular flexibility index (Phi) is 2.75. The molecule has 0 aliphatic heterocycles. The third kappa shape index (κ3) is 2.20. The normalized spacial score (nSPS) is 10.8. The molecule has 96 valence electrons. The van der Waals surface area contributed by atoms with Crippen molar-refractivity contribution >= 4 is 17.1 Å². The standard InChI is InChI=1S/C13H13N5O/c1-2-17-9-11(8-15-17)16-13(19)10-4-6-18-12(7-10)3-5-14-18/h3-9H,2H2,1H3,(H,16,19). The molecular formula is C13H13N5O. The highest BCUT2D eigenvalue weighted by Crippen LogP contribution is 2.10. The number of fused-ring (bicyclic) bond motifs is 1. The third-order valence-corrected chi connectivity index (χ3v) is 2.88. The number of nitrogens with one attached hydrogen (secondary N) is 1. The highest BCUT2D eigenvalue weighted by molar-refractivity contribution is 6.04. The quantitative estimate of drug-likeness (QED) is 0.776. The summed E-state index contributed by atoms with van der Waals surface area (Å²) in [6.45, 7) is 2.77. The van der Waals surface area contributed by atoms with Crippen LogP contribution in [0.3, 0.4) is 0 Å². The van der Waals surface area contributed by atoms with Crippen LogP contribution in [0.2, 0.25) is 0 Å². The first-order valence-corrected chi connectivity index (χ1v) is 6.03. The molecule has 3 rings (SSSR count). The summed E-state index contributed by atoms with van der Waals surface area (Å²) in [6.07, 6.45) is 6.90. The summed E-state index contributed by atoms with van der Waals surface area (Å²) in [4.78, 5) is 12.1. The zero-order valence-corrected chi connectivity index (χ0v) is 10.4. The minimum Gasteiger partial charge on any atom is -0.319 e. The molecule has 3 aromatic rings. The second-order valence-electron chi connectivity index (χ2n) is 4.15. The first-order chi connectivity index (χ1) is 9.26. The largest absolute Gasteiger partial charge is 0.319 e. The first kappa shape index (κ1) is 11.5. The number of pyridine rings is 1. The van der Waals surface area contributed by atoms with Gasteiger partial charge in [-0.05, 0) is 25.1 Å². The minimum atomic E-state index is -0.153. The van der Waals surface area contributed by atoms with Crippen LogP contribution in [0, 0.1) is 0 Å². The van der Waals surface area contributed by atoms with Crippen molar-refractivity contribution in [3.8, 4) is 0 Å². The lowest BCUT2D eigenvalue weighted by molar-refractivity contribution is 0.102. The molecule has 0 radical (unpaired) electrons. The number of hydrogen-bond donors (Lipinski definition) is 1. The second-order valence-corrected chi connectivity index (χ2v) is 4.15. The van der Waals surface area contributed by atoms with Crippen LogP contribution in [-0.4, -0.2) is 25.3 Å². The van der Waals surface area contributed by atoms with Gasteiger partial charge in [0, 0.05) is 30.7 Å². The lowest BCUT2D eigenvalue weighted by atomic mass is 10.2. The predicted molar refractivity (Wildman–Crippen MR) is 71.0 cm³/mol. The molecule has 19 heavy (non-hydrogen) atoms. The lowest BCUT2D eigenvalue weighted by Crippen LogP contribution is -2.11. The van der Waals surface area contributed by atoms with E-state index < -0.39 is 0 Å². The van der Waals surface area contributed by atoms with Gasteiger partial charge in [0.15, 0.2) is 0 Å². The predicted octanol–water partition coefficient (Wildman–Crippen LogP) is 1.80. The molecule has 1 amide bonds. The summed E-state index contributed by atoms with van der Waals surface area (Å²) in [5.74, 6) is -0.153. The maximum absolute atomic E-state index is 12.1. The smallest absolute Gasteiger partial charge is 0.255 e. The molecule has 0 saturated heterocycles. The van der Waals surface area contributed by atoms with Crippen LogP contribution in [0.15, 0.2) is 43.0 Å². The third-order valence-electron chi connectivity index (χ3n) is 2.88. The van der Waals surface area contributed by atoms with Crippen LogP contribution < -0.4 is 5.32 Å². The number of anilines is 1. The van der Waals surface area contributed by atoms with E-state index in [2.05, 4.69) is 15.5 Å². The van der Waals surface area contributed by atoms with E-state index in [1.165, 1.54) is 0 Å². The number of carbonyl (C=O) groups excluding carboxylic acids is 1. The molecule has 0 unspecified atom stereocenters. The SMILES string of the molecule is CCn1cc(NC(=O)c2ccn3nccc3c2)cn1. The molecular weight excluding hydrogens is 242 g/mol. The van der Waals surface area contributed by atoms with Gasteiger partial charge in [0.2, 0.25) is 0 Å². The van der Waals surface area contributed by atoms with Gasteiger partial charge in [0.1, 0.15) is 0 Å². The number of hydrogen-bond acceptors (Lipinski definition) is 3. The molecule has 0 saturated carbocycles. The molecule has 1 N–H and O–H groups in total. The molecule has 0 aliphatic rings. The van der Waals surface area contributed by atoms with E-state index in [1.807, 2.05) is 13.0 Å². The fourth-order valence-corrected chi connectivity index (χ4v) is 1.87. The Bertz CT molecular complexity index is 727. The number of aryl methyl sites for hydroxylation is 1. The van der Waals surface area contributed by atoms with Gasteiger partial charge in [-0.1, -0.05) is 0 Å². The molecule has 3 aromatic heterocycles. The average molecular weight is 255 g/mol. The second kappa shape index (κ2) is 4.56. The highest BCUT2D eigenvalue weighted by atomic mass is 16.1. The van der Waals surface area contributed by atoms with E-state index in [9.17, 15) is 4.79 Å². The van der Waals surface area contributed by atoms with Crippen molar-refractivity contribution in [2.45, 2.75) is 13.5 Å². The topological polar surface area (TPSA) is 64.2 Å². The Morgan fingerprint density at radius 2 is 2.26 bits per heavy atom. The molecule has 0 fully saturated rings. The number of rotatable bonds is 3. The van der Waals surface area contributed by atoms with E-state index >= 15 is 0 Å². The van der Waals surface area contributed by atoms with Crippen molar-refractivity contribution in [3.63, 3.8) is 0 Å². The zero-order chi connectivity index (χ0) is 13.2. The Balaban J connectivity index is 1.82. The van der Waals surface area contributed by atoms with Gasteiger partial charge in [-0.3, -0.25) is 9.48 Å². The van der Waals surface area contributed by atoms with Gasteiger partial charge in [-0.15, -0.1) is 0 Å². The number of carbonyl (C=O) groups is 1. The molecule has 6 heteroatoms. The van der Waals surface area contributed by atoms with Crippen molar-refractivity contribution in [2.24, 2.45) is 0 Å². The van der Waals surface area contributed by atoms with Gasteiger partial charge < -0.3 is 5.32 Å². The number of aromatic nitrogens is 4. The first-order valence-electron chi connectivity index (χ1n) is 6.03. The molecule has 0 atom stereocenters. The molecule has 0 aliphatic carbocycles. The van der Waals surface area contributed by atoms with Gasteiger partial charge in [0.05, 0.1) is 17.4 Å². The van der Waals surface area contributed by atoms with Crippen molar-refractivity contribution in [2.75, 3.05) is 5.32 Å². The van der Waals surface area contributed by atoms with Crippen molar-refractivity contribution < 1.29 is 4.79 Å². The fraction of sp³-hybridized carbons (Fsp3) is 0.154. The van der Waals surface area contributed by atoms with Gasteiger partial charge in [0.25, 0.3) is 5.91 Å². The van der Waals surface area contributed by atoms with E-state index in [4.69, 9.17) is 0 Å². The monoisotopic (exact) mass is 255 g/mol. The summed E-state index contributed by atoms with van der Waals surface area (Å²) in [5, 5.41) is 11.0. The van der Waals surface area contributed by atoms with Gasteiger partial charge in [-0.2, -0.15) is 10.2 Å². The molecule has 0 bridgehead atoms. The van der Waals surface area contributed by atoms with Crippen LogP contribution >= 0.6 is 0 Å². The van der Waals surface area contributed by atoms with Crippen LogP contribution in [-0.2, 0) is 6.54 Å². The van der Waals surface area contributed by atoms with Crippen LogP contribution in [0.1, 0.15) is 17.3 Å². The maximum Gasteiger partial charge on any atom is 0.255 e. The summed E-state index contributed by atoms with van der Waals surface area (Å²) < 4.78 is 3.47. The number of amides is 1. The Morgan fingerprint density at radius 3 is 3.05 bits per heavy atom. The Morgan fingerprint density at radius 1 is 1.37 bits per heavy atom. The molecule has 0 aromatic carbocycles. The Hall–Kier alpha value is -2.63. The summed E-state index contributed by atoms with van der Waals surface area (Å²) in [6, 6.07) is 5.39. The molecule has 6 nitrogen and oxygen atoms in total. The Labute approximate surface area is 109 Å². The summed E-state index contributed by atoms with van der Waals surface area (Å²) in [7, 11) is 0. The van der Waals surface area contributed by atoms with Crippen molar-refractivity contribution in [1.29, 1.82) is 0 Å².